The molecule has 0 spiro atoms. The van der Waals surface area contributed by atoms with Crippen LogP contribution in [0.25, 0.3) is 0 Å². The lowest BCUT2D eigenvalue weighted by Crippen LogP contribution is -2.15. The third kappa shape index (κ3) is 1.90. The topological polar surface area (TPSA) is 50.7 Å². The van der Waals surface area contributed by atoms with E-state index in [0.717, 1.165) is 5.69 Å². The van der Waals surface area contributed by atoms with Gasteiger partial charge < -0.3 is 5.32 Å². The number of rotatable bonds is 1. The van der Waals surface area contributed by atoms with Gasteiger partial charge in [0.05, 0.1) is 11.9 Å². The zero-order valence-corrected chi connectivity index (χ0v) is 7.92. The molecule has 0 unspecified atom stereocenters. The van der Waals surface area contributed by atoms with Gasteiger partial charge in [-0.1, -0.05) is 20.8 Å². The lowest BCUT2D eigenvalue weighted by Gasteiger charge is -2.15. The highest BCUT2D eigenvalue weighted by Gasteiger charge is 2.15. The van der Waals surface area contributed by atoms with Crippen LogP contribution < -0.4 is 5.32 Å². The van der Waals surface area contributed by atoms with Crippen LogP contribution in [0.2, 0.25) is 0 Å². The number of nitrogens with one attached hydrogen (secondary N) is 1. The Labute approximate surface area is 72.4 Å². The van der Waals surface area contributed by atoms with Crippen LogP contribution in [0.5, 0.6) is 0 Å². The minimum absolute atomic E-state index is 0.0201. The highest BCUT2D eigenvalue weighted by Crippen LogP contribution is 2.17. The standard InChI is InChI=1S/C8H14N4/c1-8(2,3)6-5-10-7(9-4)12-11-6/h5H,1-4H3,(H,9,10,12). The molecule has 4 heteroatoms. The monoisotopic (exact) mass is 166 g/mol. The quantitative estimate of drug-likeness (QED) is 0.681. The van der Waals surface area contributed by atoms with E-state index in [0.29, 0.717) is 5.95 Å². The summed E-state index contributed by atoms with van der Waals surface area (Å²) >= 11 is 0. The van der Waals surface area contributed by atoms with E-state index in [-0.39, 0.29) is 5.41 Å². The molecule has 1 heterocycles. The number of aromatic nitrogens is 3. The van der Waals surface area contributed by atoms with Gasteiger partial charge in [-0.2, -0.15) is 0 Å². The molecule has 0 aliphatic rings. The van der Waals surface area contributed by atoms with Gasteiger partial charge in [-0.3, -0.25) is 0 Å². The van der Waals surface area contributed by atoms with Crippen molar-refractivity contribution in [1.29, 1.82) is 0 Å². The summed E-state index contributed by atoms with van der Waals surface area (Å²) < 4.78 is 0. The summed E-state index contributed by atoms with van der Waals surface area (Å²) in [6.45, 7) is 6.24. The van der Waals surface area contributed by atoms with Gasteiger partial charge in [0.2, 0.25) is 5.95 Å². The van der Waals surface area contributed by atoms with Gasteiger partial charge in [0, 0.05) is 12.5 Å². The fourth-order valence-corrected chi connectivity index (χ4v) is 0.733. The molecular weight excluding hydrogens is 152 g/mol. The van der Waals surface area contributed by atoms with E-state index >= 15 is 0 Å². The van der Waals surface area contributed by atoms with Gasteiger partial charge in [-0.05, 0) is 0 Å². The third-order valence-electron chi connectivity index (χ3n) is 1.55. The SMILES string of the molecule is CNc1ncc(C(C)(C)C)nn1. The number of hydrogen-bond donors (Lipinski definition) is 1. The molecule has 1 aromatic rings. The summed E-state index contributed by atoms with van der Waals surface area (Å²) in [7, 11) is 1.77. The molecule has 1 aromatic heterocycles. The second kappa shape index (κ2) is 3.05. The van der Waals surface area contributed by atoms with Crippen LogP contribution in [0.15, 0.2) is 6.20 Å². The molecule has 66 valence electrons. The molecule has 0 aliphatic heterocycles. The fourth-order valence-electron chi connectivity index (χ4n) is 0.733. The van der Waals surface area contributed by atoms with Gasteiger partial charge in [0.25, 0.3) is 0 Å². The Balaban J connectivity index is 2.93. The fraction of sp³-hybridized carbons (Fsp3) is 0.625. The van der Waals surface area contributed by atoms with E-state index in [1.54, 1.807) is 13.2 Å². The maximum Gasteiger partial charge on any atom is 0.242 e. The lowest BCUT2D eigenvalue weighted by molar-refractivity contribution is 0.554. The maximum absolute atomic E-state index is 4.08. The lowest BCUT2D eigenvalue weighted by atomic mass is 9.93. The molecule has 0 saturated carbocycles. The summed E-state index contributed by atoms with van der Waals surface area (Å²) in [5.74, 6) is 0.558. The summed E-state index contributed by atoms with van der Waals surface area (Å²) in [6.07, 6.45) is 1.75. The Bertz CT molecular complexity index is 247. The van der Waals surface area contributed by atoms with Crippen molar-refractivity contribution in [2.75, 3.05) is 12.4 Å². The normalized spacial score (nSPS) is 11.3. The molecule has 0 aromatic carbocycles. The van der Waals surface area contributed by atoms with Crippen molar-refractivity contribution in [3.8, 4) is 0 Å². The van der Waals surface area contributed by atoms with Crippen LogP contribution in [-0.2, 0) is 5.41 Å². The van der Waals surface area contributed by atoms with Crippen molar-refractivity contribution in [2.45, 2.75) is 26.2 Å². The molecule has 12 heavy (non-hydrogen) atoms. The largest absolute Gasteiger partial charge is 0.356 e. The predicted molar refractivity (Wildman–Crippen MR) is 48.1 cm³/mol. The van der Waals surface area contributed by atoms with Crippen molar-refractivity contribution in [2.24, 2.45) is 0 Å². The minimum atomic E-state index is 0.0201. The van der Waals surface area contributed by atoms with Crippen molar-refractivity contribution in [1.82, 2.24) is 15.2 Å². The molecule has 0 aliphatic carbocycles. The summed E-state index contributed by atoms with van der Waals surface area (Å²) in [4.78, 5) is 4.08. The molecular formula is C8H14N4. The summed E-state index contributed by atoms with van der Waals surface area (Å²) in [6, 6.07) is 0. The van der Waals surface area contributed by atoms with Crippen LogP contribution in [0.1, 0.15) is 26.5 Å². The van der Waals surface area contributed by atoms with E-state index in [4.69, 9.17) is 0 Å². The van der Waals surface area contributed by atoms with Crippen molar-refractivity contribution >= 4 is 5.95 Å². The minimum Gasteiger partial charge on any atom is -0.356 e. The zero-order chi connectivity index (χ0) is 9.19. The maximum atomic E-state index is 4.08. The van der Waals surface area contributed by atoms with Crippen LogP contribution in [0.4, 0.5) is 5.95 Å². The second-order valence-corrected chi connectivity index (χ2v) is 3.67. The third-order valence-corrected chi connectivity index (χ3v) is 1.55. The van der Waals surface area contributed by atoms with Crippen LogP contribution in [0, 0.1) is 0 Å². The first-order valence-corrected chi connectivity index (χ1v) is 3.92. The van der Waals surface area contributed by atoms with Crippen molar-refractivity contribution in [3.63, 3.8) is 0 Å². The average Bonchev–Trinajstić information content (AvgIpc) is 2.03. The first-order chi connectivity index (χ1) is 5.54. The number of nitrogens with zero attached hydrogens (tertiary/aromatic N) is 3. The molecule has 0 bridgehead atoms. The summed E-state index contributed by atoms with van der Waals surface area (Å²) in [5.41, 5.74) is 0.924. The van der Waals surface area contributed by atoms with Crippen molar-refractivity contribution in [3.05, 3.63) is 11.9 Å². The Morgan fingerprint density at radius 1 is 1.25 bits per heavy atom. The molecule has 4 nitrogen and oxygen atoms in total. The molecule has 0 fully saturated rings. The Kier molecular flexibility index (Phi) is 2.26. The van der Waals surface area contributed by atoms with E-state index < -0.39 is 0 Å². The van der Waals surface area contributed by atoms with Crippen LogP contribution in [-0.4, -0.2) is 22.2 Å². The van der Waals surface area contributed by atoms with E-state index in [9.17, 15) is 0 Å². The van der Waals surface area contributed by atoms with E-state index in [1.807, 2.05) is 0 Å². The van der Waals surface area contributed by atoms with Crippen LogP contribution in [0.3, 0.4) is 0 Å². The van der Waals surface area contributed by atoms with Gasteiger partial charge in [0.15, 0.2) is 0 Å². The number of anilines is 1. The van der Waals surface area contributed by atoms with Gasteiger partial charge >= 0.3 is 0 Å². The van der Waals surface area contributed by atoms with Gasteiger partial charge in [-0.15, -0.1) is 10.2 Å². The number of hydrogen-bond acceptors (Lipinski definition) is 4. The average molecular weight is 166 g/mol. The summed E-state index contributed by atoms with van der Waals surface area (Å²) in [5, 5.41) is 10.8. The molecule has 0 radical (unpaired) electrons. The first-order valence-electron chi connectivity index (χ1n) is 3.92. The second-order valence-electron chi connectivity index (χ2n) is 3.67. The Morgan fingerprint density at radius 2 is 1.92 bits per heavy atom. The smallest absolute Gasteiger partial charge is 0.242 e. The van der Waals surface area contributed by atoms with Crippen LogP contribution >= 0.6 is 0 Å². The molecule has 0 amide bonds. The Morgan fingerprint density at radius 3 is 2.25 bits per heavy atom. The zero-order valence-electron chi connectivity index (χ0n) is 7.92. The highest BCUT2D eigenvalue weighted by atomic mass is 15.2. The first kappa shape index (κ1) is 8.90. The van der Waals surface area contributed by atoms with E-state index in [1.165, 1.54) is 0 Å². The van der Waals surface area contributed by atoms with E-state index in [2.05, 4.69) is 41.3 Å². The van der Waals surface area contributed by atoms with Gasteiger partial charge in [0.1, 0.15) is 0 Å². The molecule has 0 atom stereocenters. The predicted octanol–water partition coefficient (Wildman–Crippen LogP) is 1.21. The molecule has 1 N–H and O–H groups in total. The Hall–Kier alpha value is -1.19. The van der Waals surface area contributed by atoms with Gasteiger partial charge in [-0.25, -0.2) is 4.98 Å². The molecule has 1 rings (SSSR count). The molecule has 0 saturated heterocycles. The van der Waals surface area contributed by atoms with Crippen molar-refractivity contribution < 1.29 is 0 Å². The highest BCUT2D eigenvalue weighted by molar-refractivity contribution is 5.21.